The van der Waals surface area contributed by atoms with E-state index in [1.807, 2.05) is 0 Å². The molecule has 0 radical (unpaired) electrons. The maximum atomic E-state index is 13.0. The number of benzene rings is 1. The predicted molar refractivity (Wildman–Crippen MR) is 60.0 cm³/mol. The first-order valence-corrected chi connectivity index (χ1v) is 6.51. The molecule has 1 aromatic carbocycles. The Hall–Kier alpha value is -1.43. The number of halogens is 1. The highest BCUT2D eigenvalue weighted by molar-refractivity contribution is 7.92. The number of carboxylic acids is 1. The minimum Gasteiger partial charge on any atom is -0.481 e. The van der Waals surface area contributed by atoms with Crippen LogP contribution in [-0.2, 0) is 14.6 Å². The van der Waals surface area contributed by atoms with Gasteiger partial charge in [0.15, 0.2) is 9.84 Å². The maximum Gasteiger partial charge on any atom is 0.304 e. The molecule has 0 spiro atoms. The molecule has 6 heteroatoms. The molecule has 1 atom stereocenters. The lowest BCUT2D eigenvalue weighted by molar-refractivity contribution is -0.136. The van der Waals surface area contributed by atoms with E-state index < -0.39 is 33.3 Å². The molecule has 0 aromatic heterocycles. The third kappa shape index (κ3) is 3.03. The molecule has 0 saturated carbocycles. The van der Waals surface area contributed by atoms with Crippen molar-refractivity contribution in [3.05, 3.63) is 29.6 Å². The van der Waals surface area contributed by atoms with Crippen LogP contribution in [0.15, 0.2) is 23.1 Å². The largest absolute Gasteiger partial charge is 0.481 e. The zero-order chi connectivity index (χ0) is 13.2. The number of rotatable bonds is 4. The molecular weight excluding hydrogens is 247 g/mol. The molecule has 0 saturated heterocycles. The molecule has 94 valence electrons. The lowest BCUT2D eigenvalue weighted by Gasteiger charge is -2.11. The molecule has 0 aliphatic carbocycles. The maximum absolute atomic E-state index is 13.0. The summed E-state index contributed by atoms with van der Waals surface area (Å²) < 4.78 is 36.9. The van der Waals surface area contributed by atoms with E-state index in [1.54, 1.807) is 0 Å². The monoisotopic (exact) mass is 260 g/mol. The average Bonchev–Trinajstić information content (AvgIpc) is 2.20. The van der Waals surface area contributed by atoms with Gasteiger partial charge in [0.1, 0.15) is 5.82 Å². The van der Waals surface area contributed by atoms with Gasteiger partial charge in [-0.05, 0) is 37.6 Å². The summed E-state index contributed by atoms with van der Waals surface area (Å²) in [5.74, 6) is -1.67. The zero-order valence-electron chi connectivity index (χ0n) is 9.47. The molecule has 0 aliphatic heterocycles. The molecule has 1 unspecified atom stereocenters. The summed E-state index contributed by atoms with van der Waals surface area (Å²) in [6, 6.07) is 3.43. The number of hydrogen-bond donors (Lipinski definition) is 1. The van der Waals surface area contributed by atoms with Crippen LogP contribution in [0.5, 0.6) is 0 Å². The number of aliphatic carboxylic acids is 1. The summed E-state index contributed by atoms with van der Waals surface area (Å²) >= 11 is 0. The van der Waals surface area contributed by atoms with Crippen molar-refractivity contribution in [1.29, 1.82) is 0 Å². The van der Waals surface area contributed by atoms with Gasteiger partial charge in [-0.15, -0.1) is 0 Å². The summed E-state index contributed by atoms with van der Waals surface area (Å²) in [6.07, 6.45) is -0.473. The molecule has 1 aromatic rings. The molecule has 1 rings (SSSR count). The van der Waals surface area contributed by atoms with Gasteiger partial charge in [-0.25, -0.2) is 12.8 Å². The van der Waals surface area contributed by atoms with Crippen molar-refractivity contribution in [3.63, 3.8) is 0 Å². The van der Waals surface area contributed by atoms with E-state index in [9.17, 15) is 17.6 Å². The lowest BCUT2D eigenvalue weighted by atomic mass is 10.2. The van der Waals surface area contributed by atoms with Crippen molar-refractivity contribution >= 4 is 15.8 Å². The molecule has 0 bridgehead atoms. The SMILES string of the molecule is Cc1cc(S(=O)(=O)C(C)CC(=O)O)ccc1F. The number of carbonyl (C=O) groups is 1. The first-order chi connectivity index (χ1) is 7.75. The minimum atomic E-state index is -3.72. The van der Waals surface area contributed by atoms with Gasteiger partial charge in [0.05, 0.1) is 16.6 Å². The van der Waals surface area contributed by atoms with Crippen LogP contribution >= 0.6 is 0 Å². The second-order valence-electron chi connectivity index (χ2n) is 3.86. The van der Waals surface area contributed by atoms with Gasteiger partial charge < -0.3 is 5.11 Å². The summed E-state index contributed by atoms with van der Waals surface area (Å²) in [7, 11) is -3.72. The van der Waals surface area contributed by atoms with E-state index in [1.165, 1.54) is 19.9 Å². The predicted octanol–water partition coefficient (Wildman–Crippen LogP) is 1.77. The molecule has 0 amide bonds. The first kappa shape index (κ1) is 13.6. The van der Waals surface area contributed by atoms with Crippen LogP contribution < -0.4 is 0 Å². The van der Waals surface area contributed by atoms with E-state index in [0.29, 0.717) is 0 Å². The van der Waals surface area contributed by atoms with Gasteiger partial charge in [-0.2, -0.15) is 0 Å². The highest BCUT2D eigenvalue weighted by Crippen LogP contribution is 2.20. The highest BCUT2D eigenvalue weighted by Gasteiger charge is 2.25. The van der Waals surface area contributed by atoms with Crippen LogP contribution in [0.2, 0.25) is 0 Å². The van der Waals surface area contributed by atoms with Crippen molar-refractivity contribution in [3.8, 4) is 0 Å². The summed E-state index contributed by atoms with van der Waals surface area (Å²) in [6.45, 7) is 2.78. The van der Waals surface area contributed by atoms with Crippen molar-refractivity contribution in [2.45, 2.75) is 30.4 Å². The Bertz CT molecular complexity index is 536. The third-order valence-electron chi connectivity index (χ3n) is 2.45. The molecule has 0 heterocycles. The van der Waals surface area contributed by atoms with E-state index in [0.717, 1.165) is 12.1 Å². The van der Waals surface area contributed by atoms with E-state index >= 15 is 0 Å². The molecule has 1 N–H and O–H groups in total. The van der Waals surface area contributed by atoms with Gasteiger partial charge >= 0.3 is 5.97 Å². The molecular formula is C11H13FO4S. The number of aryl methyl sites for hydroxylation is 1. The number of hydrogen-bond acceptors (Lipinski definition) is 3. The standard InChI is InChI=1S/C11H13FO4S/c1-7-5-9(3-4-10(7)12)17(15,16)8(2)6-11(13)14/h3-5,8H,6H2,1-2H3,(H,13,14). The van der Waals surface area contributed by atoms with Crippen LogP contribution in [-0.4, -0.2) is 24.7 Å². The van der Waals surface area contributed by atoms with Gasteiger partial charge in [-0.3, -0.25) is 4.79 Å². The van der Waals surface area contributed by atoms with Crippen LogP contribution in [0.3, 0.4) is 0 Å². The van der Waals surface area contributed by atoms with Crippen LogP contribution in [0.4, 0.5) is 4.39 Å². The minimum absolute atomic E-state index is 0.0508. The average molecular weight is 260 g/mol. The third-order valence-corrected chi connectivity index (χ3v) is 4.59. The molecule has 4 nitrogen and oxygen atoms in total. The summed E-state index contributed by atoms with van der Waals surface area (Å²) in [5, 5.41) is 7.53. The Labute approximate surface area is 99.0 Å². The molecule has 0 fully saturated rings. The van der Waals surface area contributed by atoms with Gasteiger partial charge in [0.25, 0.3) is 0 Å². The first-order valence-electron chi connectivity index (χ1n) is 4.97. The lowest BCUT2D eigenvalue weighted by Crippen LogP contribution is -2.21. The molecule has 0 aliphatic rings. The Morgan fingerprint density at radius 2 is 2.06 bits per heavy atom. The Morgan fingerprint density at radius 1 is 1.47 bits per heavy atom. The Kier molecular flexibility index (Phi) is 3.87. The fraction of sp³-hybridized carbons (Fsp3) is 0.364. The van der Waals surface area contributed by atoms with E-state index in [4.69, 9.17) is 5.11 Å². The van der Waals surface area contributed by atoms with E-state index in [2.05, 4.69) is 0 Å². The van der Waals surface area contributed by atoms with Crippen molar-refractivity contribution in [2.75, 3.05) is 0 Å². The van der Waals surface area contributed by atoms with Gasteiger partial charge in [0, 0.05) is 0 Å². The van der Waals surface area contributed by atoms with Crippen molar-refractivity contribution in [2.24, 2.45) is 0 Å². The van der Waals surface area contributed by atoms with Crippen molar-refractivity contribution in [1.82, 2.24) is 0 Å². The quantitative estimate of drug-likeness (QED) is 0.837. The second kappa shape index (κ2) is 4.83. The normalized spacial score (nSPS) is 13.4. The molecule has 17 heavy (non-hydrogen) atoms. The smallest absolute Gasteiger partial charge is 0.304 e. The summed E-state index contributed by atoms with van der Waals surface area (Å²) in [5.41, 5.74) is 0.216. The van der Waals surface area contributed by atoms with Crippen LogP contribution in [0.25, 0.3) is 0 Å². The number of carboxylic acid groups (broad SMARTS) is 1. The van der Waals surface area contributed by atoms with Gasteiger partial charge in [0.2, 0.25) is 0 Å². The Balaban J connectivity index is 3.13. The fourth-order valence-corrected chi connectivity index (χ4v) is 2.81. The number of sulfone groups is 1. The second-order valence-corrected chi connectivity index (χ2v) is 6.23. The van der Waals surface area contributed by atoms with Crippen molar-refractivity contribution < 1.29 is 22.7 Å². The van der Waals surface area contributed by atoms with E-state index in [-0.39, 0.29) is 10.5 Å². The van der Waals surface area contributed by atoms with Gasteiger partial charge in [-0.1, -0.05) is 0 Å². The fourth-order valence-electron chi connectivity index (χ4n) is 1.38. The topological polar surface area (TPSA) is 71.4 Å². The zero-order valence-corrected chi connectivity index (χ0v) is 10.3. The van der Waals surface area contributed by atoms with Crippen LogP contribution in [0, 0.1) is 12.7 Å². The van der Waals surface area contributed by atoms with Crippen LogP contribution in [0.1, 0.15) is 18.9 Å². The highest BCUT2D eigenvalue weighted by atomic mass is 32.2. The summed E-state index contributed by atoms with van der Waals surface area (Å²) in [4.78, 5) is 10.4. The Morgan fingerprint density at radius 3 is 2.53 bits per heavy atom.